The van der Waals surface area contributed by atoms with Gasteiger partial charge in [0.2, 0.25) is 6.29 Å². The van der Waals surface area contributed by atoms with Crippen molar-refractivity contribution in [2.45, 2.75) is 56.6 Å². The Hall–Kier alpha value is -1.42. The molecule has 0 saturated carbocycles. The summed E-state index contributed by atoms with van der Waals surface area (Å²) >= 11 is 0. The molecule has 142 valence electrons. The molecule has 0 radical (unpaired) electrons. The third-order valence-electron chi connectivity index (χ3n) is 4.17. The fourth-order valence-corrected chi connectivity index (χ4v) is 2.63. The SMILES string of the molecule is COc1cc(CC[C@@H](C)O)ccc1O[C@@H]1O[C@H](CO)[C@@H](O)[C@H](O)[C@H]1O. The van der Waals surface area contributed by atoms with Gasteiger partial charge < -0.3 is 39.7 Å². The predicted molar refractivity (Wildman–Crippen MR) is 87.4 cm³/mol. The Morgan fingerprint density at radius 1 is 1.12 bits per heavy atom. The molecule has 5 N–H and O–H groups in total. The van der Waals surface area contributed by atoms with Gasteiger partial charge in [-0.1, -0.05) is 6.07 Å². The highest BCUT2D eigenvalue weighted by molar-refractivity contribution is 5.43. The topological polar surface area (TPSA) is 129 Å². The molecule has 0 aliphatic carbocycles. The monoisotopic (exact) mass is 358 g/mol. The lowest BCUT2D eigenvalue weighted by Gasteiger charge is -2.39. The Labute approximate surface area is 146 Å². The van der Waals surface area contributed by atoms with Gasteiger partial charge in [0, 0.05) is 0 Å². The second-order valence-corrected chi connectivity index (χ2v) is 6.19. The molecule has 0 spiro atoms. The Kier molecular flexibility index (Phi) is 7.00. The highest BCUT2D eigenvalue weighted by Crippen LogP contribution is 2.32. The van der Waals surface area contributed by atoms with E-state index in [9.17, 15) is 25.5 Å². The zero-order valence-corrected chi connectivity index (χ0v) is 14.3. The molecule has 1 aromatic carbocycles. The second-order valence-electron chi connectivity index (χ2n) is 6.19. The van der Waals surface area contributed by atoms with Crippen molar-refractivity contribution in [2.24, 2.45) is 0 Å². The van der Waals surface area contributed by atoms with E-state index in [0.29, 0.717) is 18.6 Å². The maximum absolute atomic E-state index is 10.0. The number of ether oxygens (including phenoxy) is 3. The molecule has 0 amide bonds. The molecular formula is C17H26O8. The van der Waals surface area contributed by atoms with Gasteiger partial charge in [-0.05, 0) is 37.5 Å². The Bertz CT molecular complexity index is 547. The van der Waals surface area contributed by atoms with E-state index in [1.165, 1.54) is 7.11 Å². The molecule has 1 heterocycles. The summed E-state index contributed by atoms with van der Waals surface area (Å²) in [6.45, 7) is 1.19. The molecular weight excluding hydrogens is 332 g/mol. The number of hydrogen-bond acceptors (Lipinski definition) is 8. The van der Waals surface area contributed by atoms with Crippen molar-refractivity contribution in [3.8, 4) is 11.5 Å². The van der Waals surface area contributed by atoms with E-state index in [1.54, 1.807) is 25.1 Å². The Morgan fingerprint density at radius 2 is 1.84 bits per heavy atom. The Morgan fingerprint density at radius 3 is 2.44 bits per heavy atom. The molecule has 6 atom stereocenters. The maximum atomic E-state index is 10.0. The minimum atomic E-state index is -1.51. The normalized spacial score (nSPS) is 30.8. The van der Waals surface area contributed by atoms with E-state index in [4.69, 9.17) is 14.2 Å². The van der Waals surface area contributed by atoms with Crippen molar-refractivity contribution >= 4 is 0 Å². The molecule has 2 rings (SSSR count). The van der Waals surface area contributed by atoms with Gasteiger partial charge in [-0.25, -0.2) is 0 Å². The molecule has 1 aliphatic rings. The molecule has 1 saturated heterocycles. The smallest absolute Gasteiger partial charge is 0.229 e. The minimum absolute atomic E-state index is 0.285. The average molecular weight is 358 g/mol. The van der Waals surface area contributed by atoms with Crippen LogP contribution < -0.4 is 9.47 Å². The van der Waals surface area contributed by atoms with E-state index < -0.39 is 43.4 Å². The highest BCUT2D eigenvalue weighted by atomic mass is 16.7. The molecule has 1 fully saturated rings. The zero-order chi connectivity index (χ0) is 18.6. The van der Waals surface area contributed by atoms with Gasteiger partial charge in [0.15, 0.2) is 11.5 Å². The number of aliphatic hydroxyl groups excluding tert-OH is 5. The van der Waals surface area contributed by atoms with Crippen LogP contribution in [0.15, 0.2) is 18.2 Å². The van der Waals surface area contributed by atoms with E-state index in [2.05, 4.69) is 0 Å². The van der Waals surface area contributed by atoms with Crippen LogP contribution in [-0.2, 0) is 11.2 Å². The van der Waals surface area contributed by atoms with E-state index >= 15 is 0 Å². The number of aryl methyl sites for hydroxylation is 1. The number of benzene rings is 1. The molecule has 25 heavy (non-hydrogen) atoms. The van der Waals surface area contributed by atoms with Crippen LogP contribution in [0.2, 0.25) is 0 Å². The maximum Gasteiger partial charge on any atom is 0.229 e. The van der Waals surface area contributed by atoms with Gasteiger partial charge in [-0.3, -0.25) is 0 Å². The molecule has 0 bridgehead atoms. The third-order valence-corrected chi connectivity index (χ3v) is 4.17. The lowest BCUT2D eigenvalue weighted by molar-refractivity contribution is -0.277. The fourth-order valence-electron chi connectivity index (χ4n) is 2.63. The van der Waals surface area contributed by atoms with Gasteiger partial charge in [-0.15, -0.1) is 0 Å². The van der Waals surface area contributed by atoms with Gasteiger partial charge in [0.05, 0.1) is 19.8 Å². The summed E-state index contributed by atoms with van der Waals surface area (Å²) in [5.41, 5.74) is 0.943. The molecule has 8 heteroatoms. The first kappa shape index (κ1) is 19.9. The van der Waals surface area contributed by atoms with Gasteiger partial charge >= 0.3 is 0 Å². The first-order valence-corrected chi connectivity index (χ1v) is 8.19. The second kappa shape index (κ2) is 8.79. The van der Waals surface area contributed by atoms with Crippen LogP contribution in [0.5, 0.6) is 11.5 Å². The number of methoxy groups -OCH3 is 1. The molecule has 8 nitrogen and oxygen atoms in total. The van der Waals surface area contributed by atoms with Crippen molar-refractivity contribution in [1.29, 1.82) is 0 Å². The lowest BCUT2D eigenvalue weighted by Crippen LogP contribution is -2.60. The summed E-state index contributed by atoms with van der Waals surface area (Å²) in [6, 6.07) is 5.18. The van der Waals surface area contributed by atoms with Gasteiger partial charge in [0.25, 0.3) is 0 Å². The van der Waals surface area contributed by atoms with Crippen LogP contribution in [0, 0.1) is 0 Å². The van der Waals surface area contributed by atoms with Gasteiger partial charge in [-0.2, -0.15) is 0 Å². The standard InChI is InChI=1S/C17H26O8/c1-9(19)3-4-10-5-6-11(12(7-10)23-2)24-17-16(22)15(21)14(20)13(8-18)25-17/h5-7,9,13-22H,3-4,8H2,1-2H3/t9-,13-,14-,15+,16-,17-/m1/s1. The average Bonchev–Trinajstić information content (AvgIpc) is 2.60. The van der Waals surface area contributed by atoms with E-state index in [1.807, 2.05) is 0 Å². The van der Waals surface area contributed by atoms with Crippen LogP contribution in [0.1, 0.15) is 18.9 Å². The van der Waals surface area contributed by atoms with Crippen molar-refractivity contribution in [3.05, 3.63) is 23.8 Å². The van der Waals surface area contributed by atoms with Gasteiger partial charge in [0.1, 0.15) is 24.4 Å². The van der Waals surface area contributed by atoms with E-state index in [0.717, 1.165) is 5.56 Å². The molecule has 0 unspecified atom stereocenters. The summed E-state index contributed by atoms with van der Waals surface area (Å²) in [7, 11) is 1.47. The summed E-state index contributed by atoms with van der Waals surface area (Å²) in [5, 5.41) is 48.2. The summed E-state index contributed by atoms with van der Waals surface area (Å²) in [4.78, 5) is 0. The largest absolute Gasteiger partial charge is 0.493 e. The van der Waals surface area contributed by atoms with Crippen LogP contribution in [0.25, 0.3) is 0 Å². The Balaban J connectivity index is 2.12. The molecule has 1 aliphatic heterocycles. The quantitative estimate of drug-likeness (QED) is 0.428. The van der Waals surface area contributed by atoms with Crippen molar-refractivity contribution in [3.63, 3.8) is 0 Å². The lowest BCUT2D eigenvalue weighted by atomic mass is 9.99. The minimum Gasteiger partial charge on any atom is -0.493 e. The number of rotatable bonds is 7. The van der Waals surface area contributed by atoms with Crippen molar-refractivity contribution in [2.75, 3.05) is 13.7 Å². The summed E-state index contributed by atoms with van der Waals surface area (Å²) < 4.78 is 16.2. The van der Waals surface area contributed by atoms with Crippen molar-refractivity contribution in [1.82, 2.24) is 0 Å². The van der Waals surface area contributed by atoms with Crippen LogP contribution in [0.3, 0.4) is 0 Å². The van der Waals surface area contributed by atoms with Crippen LogP contribution in [0.4, 0.5) is 0 Å². The highest BCUT2D eigenvalue weighted by Gasteiger charge is 2.44. The zero-order valence-electron chi connectivity index (χ0n) is 14.3. The first-order chi connectivity index (χ1) is 11.9. The fraction of sp³-hybridized carbons (Fsp3) is 0.647. The summed E-state index contributed by atoms with van der Waals surface area (Å²) in [5.74, 6) is 0.688. The molecule has 1 aromatic rings. The van der Waals surface area contributed by atoms with Crippen molar-refractivity contribution < 1.29 is 39.7 Å². The number of hydrogen-bond donors (Lipinski definition) is 5. The summed E-state index contributed by atoms with van der Waals surface area (Å²) in [6.07, 6.45) is -5.89. The molecule has 0 aromatic heterocycles. The van der Waals surface area contributed by atoms with Crippen LogP contribution in [-0.4, -0.2) is 76.1 Å². The number of aliphatic hydroxyl groups is 5. The first-order valence-electron chi connectivity index (χ1n) is 8.19. The van der Waals surface area contributed by atoms with E-state index in [-0.39, 0.29) is 5.75 Å². The third kappa shape index (κ3) is 4.81. The van der Waals surface area contributed by atoms with Crippen LogP contribution >= 0.6 is 0 Å². The predicted octanol–water partition coefficient (Wildman–Crippen LogP) is -0.813.